The number of hydrogen-bond acceptors (Lipinski definition) is 4. The third-order valence-corrected chi connectivity index (χ3v) is 5.20. The Labute approximate surface area is 178 Å². The number of amides is 1. The molecule has 2 heterocycles. The van der Waals surface area contributed by atoms with Gasteiger partial charge in [-0.2, -0.15) is 9.50 Å². The Hall–Kier alpha value is -3.45. The van der Waals surface area contributed by atoms with Crippen LogP contribution in [0.25, 0.3) is 17.2 Å². The summed E-state index contributed by atoms with van der Waals surface area (Å²) in [5.41, 5.74) is 3.81. The van der Waals surface area contributed by atoms with Crippen molar-refractivity contribution in [1.29, 1.82) is 0 Å². The highest BCUT2D eigenvalue weighted by Gasteiger charge is 2.16. The summed E-state index contributed by atoms with van der Waals surface area (Å²) in [7, 11) is 0. The molecule has 0 aliphatic heterocycles. The third-order valence-electron chi connectivity index (χ3n) is 4.95. The molecule has 0 atom stereocenters. The van der Waals surface area contributed by atoms with Crippen molar-refractivity contribution in [2.24, 2.45) is 0 Å². The molecule has 1 N–H and O–H groups in total. The molecule has 7 nitrogen and oxygen atoms in total. The van der Waals surface area contributed by atoms with E-state index in [2.05, 4.69) is 15.4 Å². The Kier molecular flexibility index (Phi) is 5.13. The van der Waals surface area contributed by atoms with Gasteiger partial charge in [0, 0.05) is 28.0 Å². The van der Waals surface area contributed by atoms with E-state index >= 15 is 0 Å². The zero-order valence-electron chi connectivity index (χ0n) is 16.8. The number of hydrogen-bond donors (Lipinski definition) is 1. The van der Waals surface area contributed by atoms with Crippen LogP contribution in [0, 0.1) is 20.8 Å². The topological polar surface area (TPSA) is 81.3 Å². The van der Waals surface area contributed by atoms with Gasteiger partial charge in [-0.25, -0.2) is 0 Å². The monoisotopic (exact) mass is 421 g/mol. The van der Waals surface area contributed by atoms with Crippen LogP contribution in [-0.2, 0) is 11.3 Å². The van der Waals surface area contributed by atoms with Crippen LogP contribution in [0.3, 0.4) is 0 Å². The smallest absolute Gasteiger partial charge is 0.275 e. The van der Waals surface area contributed by atoms with Crippen molar-refractivity contribution in [3.05, 3.63) is 80.7 Å². The quantitative estimate of drug-likeness (QED) is 0.543. The molecule has 152 valence electrons. The average Bonchev–Trinajstić information content (AvgIpc) is 3.14. The summed E-state index contributed by atoms with van der Waals surface area (Å²) in [4.78, 5) is 29.8. The number of fused-ring (bicyclic) bond motifs is 1. The molecule has 0 radical (unpaired) electrons. The normalized spacial score (nSPS) is 11.1. The fraction of sp³-hybridized carbons (Fsp3) is 0.182. The van der Waals surface area contributed by atoms with E-state index in [4.69, 9.17) is 11.6 Å². The van der Waals surface area contributed by atoms with Gasteiger partial charge in [-0.3, -0.25) is 9.59 Å². The van der Waals surface area contributed by atoms with E-state index in [9.17, 15) is 9.59 Å². The third kappa shape index (κ3) is 3.71. The molecule has 1 amide bonds. The Morgan fingerprint density at radius 1 is 1.07 bits per heavy atom. The van der Waals surface area contributed by atoms with Gasteiger partial charge in [-0.05, 0) is 56.2 Å². The Balaban J connectivity index is 1.72. The van der Waals surface area contributed by atoms with Crippen molar-refractivity contribution >= 4 is 29.0 Å². The zero-order chi connectivity index (χ0) is 21.4. The van der Waals surface area contributed by atoms with Crippen LogP contribution in [0.15, 0.2) is 53.3 Å². The first-order valence-corrected chi connectivity index (χ1v) is 9.80. The Morgan fingerprint density at radius 3 is 2.40 bits per heavy atom. The molecule has 0 aliphatic carbocycles. The van der Waals surface area contributed by atoms with Crippen molar-refractivity contribution in [3.8, 4) is 11.4 Å². The van der Waals surface area contributed by atoms with E-state index in [1.54, 1.807) is 35.8 Å². The zero-order valence-corrected chi connectivity index (χ0v) is 17.6. The minimum atomic E-state index is -0.304. The highest BCUT2D eigenvalue weighted by atomic mass is 35.5. The number of aromatic nitrogens is 4. The number of aryl methyl sites for hydroxylation is 3. The highest BCUT2D eigenvalue weighted by molar-refractivity contribution is 6.30. The number of halogens is 1. The summed E-state index contributed by atoms with van der Waals surface area (Å²) >= 11 is 5.95. The molecule has 30 heavy (non-hydrogen) atoms. The molecule has 0 fully saturated rings. The lowest BCUT2D eigenvalue weighted by Crippen LogP contribution is -2.26. The van der Waals surface area contributed by atoms with E-state index in [0.29, 0.717) is 22.3 Å². The summed E-state index contributed by atoms with van der Waals surface area (Å²) in [6, 6.07) is 14.3. The second-order valence-corrected chi connectivity index (χ2v) is 7.62. The molecule has 8 heteroatoms. The van der Waals surface area contributed by atoms with Crippen LogP contribution < -0.4 is 10.9 Å². The largest absolute Gasteiger partial charge is 0.324 e. The maximum Gasteiger partial charge on any atom is 0.275 e. The lowest BCUT2D eigenvalue weighted by Gasteiger charge is -2.14. The Bertz CT molecular complexity index is 1300. The standard InChI is InChI=1S/C22H20ClN5O2/c1-13-5-4-6-14(2)20(13)24-18(29)12-27-15(3)11-19(30)28-22(27)25-21(26-28)16-7-9-17(23)10-8-16/h4-11H,12H2,1-3H3,(H,24,29). The second kappa shape index (κ2) is 7.76. The predicted octanol–water partition coefficient (Wildman–Crippen LogP) is 3.78. The van der Waals surface area contributed by atoms with Crippen molar-refractivity contribution in [2.45, 2.75) is 27.3 Å². The van der Waals surface area contributed by atoms with Crippen LogP contribution >= 0.6 is 11.6 Å². The fourth-order valence-corrected chi connectivity index (χ4v) is 3.48. The molecule has 0 saturated carbocycles. The molecule has 4 aromatic rings. The summed E-state index contributed by atoms with van der Waals surface area (Å²) < 4.78 is 2.89. The van der Waals surface area contributed by atoms with Gasteiger partial charge in [0.2, 0.25) is 11.7 Å². The summed E-state index contributed by atoms with van der Waals surface area (Å²) in [5, 5.41) is 7.90. The Morgan fingerprint density at radius 2 is 1.73 bits per heavy atom. The number of benzene rings is 2. The fourth-order valence-electron chi connectivity index (χ4n) is 3.35. The summed E-state index contributed by atoms with van der Waals surface area (Å²) in [6.07, 6.45) is 0. The van der Waals surface area contributed by atoms with Crippen LogP contribution in [0.1, 0.15) is 16.8 Å². The second-order valence-electron chi connectivity index (χ2n) is 7.18. The first-order chi connectivity index (χ1) is 14.3. The highest BCUT2D eigenvalue weighted by Crippen LogP contribution is 2.21. The van der Waals surface area contributed by atoms with Gasteiger partial charge in [0.1, 0.15) is 6.54 Å². The average molecular weight is 422 g/mol. The minimum Gasteiger partial charge on any atom is -0.324 e. The van der Waals surface area contributed by atoms with Gasteiger partial charge in [0.15, 0.2) is 5.82 Å². The van der Waals surface area contributed by atoms with E-state index < -0.39 is 0 Å². The van der Waals surface area contributed by atoms with Crippen LogP contribution in [0.2, 0.25) is 5.02 Å². The molecule has 0 bridgehead atoms. The van der Waals surface area contributed by atoms with Gasteiger partial charge in [0.25, 0.3) is 5.56 Å². The summed E-state index contributed by atoms with van der Waals surface area (Å²) in [5.74, 6) is 0.483. The number of rotatable bonds is 4. The van der Waals surface area contributed by atoms with Crippen LogP contribution in [0.4, 0.5) is 5.69 Å². The van der Waals surface area contributed by atoms with E-state index in [-0.39, 0.29) is 18.0 Å². The number of carbonyl (C=O) groups is 1. The molecule has 4 rings (SSSR count). The molecule has 2 aromatic carbocycles. The molecule has 0 unspecified atom stereocenters. The first-order valence-electron chi connectivity index (χ1n) is 9.42. The molecule has 2 aromatic heterocycles. The van der Waals surface area contributed by atoms with Crippen molar-refractivity contribution in [3.63, 3.8) is 0 Å². The van der Waals surface area contributed by atoms with E-state index in [0.717, 1.165) is 22.4 Å². The minimum absolute atomic E-state index is 0.00212. The van der Waals surface area contributed by atoms with Gasteiger partial charge in [-0.1, -0.05) is 29.8 Å². The SMILES string of the molecule is Cc1cccc(C)c1NC(=O)Cn1c(C)cc(=O)n2nc(-c3ccc(Cl)cc3)nc12. The molecular weight excluding hydrogens is 402 g/mol. The van der Waals surface area contributed by atoms with Crippen molar-refractivity contribution < 1.29 is 4.79 Å². The molecule has 0 saturated heterocycles. The van der Waals surface area contributed by atoms with E-state index in [1.807, 2.05) is 32.0 Å². The molecule has 0 spiro atoms. The maximum absolute atomic E-state index is 12.8. The number of nitrogens with one attached hydrogen (secondary N) is 1. The maximum atomic E-state index is 12.8. The van der Waals surface area contributed by atoms with Crippen molar-refractivity contribution in [1.82, 2.24) is 19.2 Å². The number of anilines is 1. The number of para-hydroxylation sites is 1. The van der Waals surface area contributed by atoms with Gasteiger partial charge in [0.05, 0.1) is 0 Å². The summed E-state index contributed by atoms with van der Waals surface area (Å²) in [6.45, 7) is 5.66. The van der Waals surface area contributed by atoms with E-state index in [1.165, 1.54) is 10.6 Å². The number of carbonyl (C=O) groups excluding carboxylic acids is 1. The molecule has 0 aliphatic rings. The molecular formula is C22H20ClN5O2. The predicted molar refractivity (Wildman–Crippen MR) is 117 cm³/mol. The first kappa shape index (κ1) is 19.8. The lowest BCUT2D eigenvalue weighted by atomic mass is 10.1. The van der Waals surface area contributed by atoms with Gasteiger partial charge in [-0.15, -0.1) is 5.10 Å². The van der Waals surface area contributed by atoms with Crippen molar-refractivity contribution in [2.75, 3.05) is 5.32 Å². The number of nitrogens with zero attached hydrogens (tertiary/aromatic N) is 4. The lowest BCUT2D eigenvalue weighted by molar-refractivity contribution is -0.116. The van der Waals surface area contributed by atoms with Crippen LogP contribution in [0.5, 0.6) is 0 Å². The van der Waals surface area contributed by atoms with Crippen LogP contribution in [-0.4, -0.2) is 25.1 Å². The van der Waals surface area contributed by atoms with Gasteiger partial charge < -0.3 is 9.88 Å². The van der Waals surface area contributed by atoms with Gasteiger partial charge >= 0.3 is 0 Å².